The summed E-state index contributed by atoms with van der Waals surface area (Å²) in [5.41, 5.74) is 1.19. The van der Waals surface area contributed by atoms with Crippen molar-refractivity contribution >= 4 is 11.5 Å². The summed E-state index contributed by atoms with van der Waals surface area (Å²) in [5, 5.41) is 19.6. The van der Waals surface area contributed by atoms with Crippen molar-refractivity contribution in [2.45, 2.75) is 18.8 Å². The first-order valence-corrected chi connectivity index (χ1v) is 8.93. The van der Waals surface area contributed by atoms with Gasteiger partial charge in [-0.3, -0.25) is 10.1 Å². The van der Waals surface area contributed by atoms with Crippen molar-refractivity contribution in [3.63, 3.8) is 0 Å². The maximum atomic E-state index is 11.4. The van der Waals surface area contributed by atoms with E-state index in [0.717, 1.165) is 43.1 Å². The monoisotopic (exact) mass is 364 g/mol. The van der Waals surface area contributed by atoms with Gasteiger partial charge in [0.2, 0.25) is 0 Å². The van der Waals surface area contributed by atoms with Gasteiger partial charge in [0.25, 0.3) is 5.69 Å². The van der Waals surface area contributed by atoms with Gasteiger partial charge in [0.1, 0.15) is 18.0 Å². The van der Waals surface area contributed by atoms with Crippen molar-refractivity contribution in [2.24, 2.45) is 7.05 Å². The first-order chi connectivity index (χ1) is 13.1. The lowest BCUT2D eigenvalue weighted by Crippen LogP contribution is -2.34. The zero-order valence-electron chi connectivity index (χ0n) is 15.0. The van der Waals surface area contributed by atoms with Gasteiger partial charge < -0.3 is 9.47 Å². The zero-order valence-corrected chi connectivity index (χ0v) is 15.0. The Balaban J connectivity index is 1.58. The number of piperidine rings is 1. The highest BCUT2D eigenvalue weighted by atomic mass is 16.6. The van der Waals surface area contributed by atoms with Crippen LogP contribution in [0, 0.1) is 10.1 Å². The van der Waals surface area contributed by atoms with Crippen molar-refractivity contribution in [1.82, 2.24) is 19.7 Å². The van der Waals surface area contributed by atoms with Crippen LogP contribution in [0.1, 0.15) is 24.6 Å². The van der Waals surface area contributed by atoms with Gasteiger partial charge in [-0.2, -0.15) is 0 Å². The van der Waals surface area contributed by atoms with E-state index in [1.165, 1.54) is 0 Å². The van der Waals surface area contributed by atoms with E-state index in [4.69, 9.17) is 0 Å². The average Bonchev–Trinajstić information content (AvgIpc) is 3.14. The number of nitro groups is 1. The third-order valence-electron chi connectivity index (χ3n) is 5.03. The summed E-state index contributed by atoms with van der Waals surface area (Å²) >= 11 is 0. The Bertz CT molecular complexity index is 948. The van der Waals surface area contributed by atoms with Gasteiger partial charge in [-0.1, -0.05) is 30.3 Å². The summed E-state index contributed by atoms with van der Waals surface area (Å²) < 4.78 is 1.97. The Morgan fingerprint density at radius 1 is 1.11 bits per heavy atom. The van der Waals surface area contributed by atoms with Gasteiger partial charge in [-0.15, -0.1) is 10.2 Å². The lowest BCUT2D eigenvalue weighted by molar-refractivity contribution is -0.384. The Morgan fingerprint density at radius 2 is 1.85 bits per heavy atom. The van der Waals surface area contributed by atoms with E-state index in [1.54, 1.807) is 18.5 Å². The molecule has 0 atom stereocenters. The van der Waals surface area contributed by atoms with E-state index in [2.05, 4.69) is 20.1 Å². The second-order valence-electron chi connectivity index (χ2n) is 6.72. The number of aryl methyl sites for hydroxylation is 1. The van der Waals surface area contributed by atoms with Crippen LogP contribution in [0.5, 0.6) is 0 Å². The molecular weight excluding hydrogens is 344 g/mol. The number of aromatic nitrogens is 4. The van der Waals surface area contributed by atoms with Crippen molar-refractivity contribution < 1.29 is 4.92 Å². The predicted octanol–water partition coefficient (Wildman–Crippen LogP) is 3.17. The molecule has 27 heavy (non-hydrogen) atoms. The van der Waals surface area contributed by atoms with E-state index < -0.39 is 0 Å². The van der Waals surface area contributed by atoms with E-state index in [0.29, 0.717) is 11.6 Å². The van der Waals surface area contributed by atoms with Crippen LogP contribution >= 0.6 is 0 Å². The second kappa shape index (κ2) is 7.14. The Labute approximate surface area is 156 Å². The standard InChI is InChI=1S/C19H20N6O2/c1-23-13-20-22-19(23)15-9-11-24(12-10-15)17-8-7-16(25(26)27)18(21-17)14-5-3-2-4-6-14/h2-8,13,15H,9-12H2,1H3. The molecule has 3 aromatic rings. The van der Waals surface area contributed by atoms with Crippen molar-refractivity contribution in [3.05, 3.63) is 64.7 Å². The Hall–Kier alpha value is -3.29. The highest BCUT2D eigenvalue weighted by Gasteiger charge is 2.26. The van der Waals surface area contributed by atoms with E-state index in [-0.39, 0.29) is 10.6 Å². The lowest BCUT2D eigenvalue weighted by atomic mass is 9.96. The van der Waals surface area contributed by atoms with Crippen LogP contribution in [0.4, 0.5) is 11.5 Å². The van der Waals surface area contributed by atoms with Gasteiger partial charge in [-0.25, -0.2) is 4.98 Å². The quantitative estimate of drug-likeness (QED) is 0.522. The van der Waals surface area contributed by atoms with Gasteiger partial charge >= 0.3 is 0 Å². The third-order valence-corrected chi connectivity index (χ3v) is 5.03. The highest BCUT2D eigenvalue weighted by molar-refractivity contribution is 5.71. The van der Waals surface area contributed by atoms with Gasteiger partial charge in [0.15, 0.2) is 5.69 Å². The van der Waals surface area contributed by atoms with Crippen LogP contribution in [0.25, 0.3) is 11.3 Å². The summed E-state index contributed by atoms with van der Waals surface area (Å²) in [6.07, 6.45) is 3.63. The number of rotatable bonds is 4. The minimum Gasteiger partial charge on any atom is -0.357 e. The number of anilines is 1. The molecule has 0 amide bonds. The van der Waals surface area contributed by atoms with Crippen LogP contribution < -0.4 is 4.90 Å². The zero-order chi connectivity index (χ0) is 18.8. The number of hydrogen-bond acceptors (Lipinski definition) is 6. The minimum atomic E-state index is -0.376. The molecule has 1 aromatic carbocycles. The molecule has 0 unspecified atom stereocenters. The Kier molecular flexibility index (Phi) is 4.53. The van der Waals surface area contributed by atoms with Crippen molar-refractivity contribution in [3.8, 4) is 11.3 Å². The molecule has 1 aliphatic heterocycles. The topological polar surface area (TPSA) is 90.0 Å². The molecule has 1 saturated heterocycles. The minimum absolute atomic E-state index is 0.0268. The molecule has 0 N–H and O–H groups in total. The first-order valence-electron chi connectivity index (χ1n) is 8.93. The molecule has 0 radical (unpaired) electrons. The number of pyridine rings is 1. The third kappa shape index (κ3) is 3.38. The fourth-order valence-corrected chi connectivity index (χ4v) is 3.60. The number of benzene rings is 1. The van der Waals surface area contributed by atoms with Crippen LogP contribution in [-0.4, -0.2) is 37.8 Å². The largest absolute Gasteiger partial charge is 0.357 e. The van der Waals surface area contributed by atoms with Crippen LogP contribution in [-0.2, 0) is 7.05 Å². The van der Waals surface area contributed by atoms with Crippen LogP contribution in [0.3, 0.4) is 0 Å². The fraction of sp³-hybridized carbons (Fsp3) is 0.316. The Morgan fingerprint density at radius 3 is 2.48 bits per heavy atom. The molecule has 1 fully saturated rings. The van der Waals surface area contributed by atoms with Gasteiger partial charge in [-0.05, 0) is 18.9 Å². The maximum Gasteiger partial charge on any atom is 0.295 e. The molecular formula is C19H20N6O2. The summed E-state index contributed by atoms with van der Waals surface area (Å²) in [7, 11) is 1.96. The average molecular weight is 364 g/mol. The molecule has 3 heterocycles. The smallest absolute Gasteiger partial charge is 0.295 e. The molecule has 0 saturated carbocycles. The highest BCUT2D eigenvalue weighted by Crippen LogP contribution is 2.33. The van der Waals surface area contributed by atoms with Crippen molar-refractivity contribution in [1.29, 1.82) is 0 Å². The predicted molar refractivity (Wildman–Crippen MR) is 102 cm³/mol. The van der Waals surface area contributed by atoms with E-state index in [9.17, 15) is 10.1 Å². The first kappa shape index (κ1) is 17.1. The molecule has 0 spiro atoms. The molecule has 138 valence electrons. The van der Waals surface area contributed by atoms with Crippen LogP contribution in [0.2, 0.25) is 0 Å². The van der Waals surface area contributed by atoms with E-state index in [1.807, 2.05) is 41.9 Å². The number of nitrogens with zero attached hydrogens (tertiary/aromatic N) is 6. The molecule has 8 nitrogen and oxygen atoms in total. The molecule has 1 aliphatic rings. The lowest BCUT2D eigenvalue weighted by Gasteiger charge is -2.32. The summed E-state index contributed by atoms with van der Waals surface area (Å²) in [6, 6.07) is 12.6. The van der Waals surface area contributed by atoms with Gasteiger partial charge in [0, 0.05) is 37.7 Å². The van der Waals surface area contributed by atoms with Crippen molar-refractivity contribution in [2.75, 3.05) is 18.0 Å². The molecule has 0 bridgehead atoms. The fourth-order valence-electron chi connectivity index (χ4n) is 3.60. The molecule has 2 aromatic heterocycles. The second-order valence-corrected chi connectivity index (χ2v) is 6.72. The molecule has 8 heteroatoms. The SMILES string of the molecule is Cn1cnnc1C1CCN(c2ccc([N+](=O)[O-])c(-c3ccccc3)n2)CC1. The molecule has 0 aliphatic carbocycles. The number of hydrogen-bond donors (Lipinski definition) is 0. The summed E-state index contributed by atoms with van der Waals surface area (Å²) in [4.78, 5) is 17.9. The van der Waals surface area contributed by atoms with Crippen LogP contribution in [0.15, 0.2) is 48.8 Å². The summed E-state index contributed by atoms with van der Waals surface area (Å²) in [5.74, 6) is 2.16. The van der Waals surface area contributed by atoms with Gasteiger partial charge in [0.05, 0.1) is 4.92 Å². The molecule has 4 rings (SSSR count). The normalized spacial score (nSPS) is 15.1. The maximum absolute atomic E-state index is 11.4. The van der Waals surface area contributed by atoms with E-state index >= 15 is 0 Å². The summed E-state index contributed by atoms with van der Waals surface area (Å²) in [6.45, 7) is 1.66.